The molecule has 0 unspecified atom stereocenters. The van der Waals surface area contributed by atoms with Crippen LogP contribution in [0.2, 0.25) is 0 Å². The van der Waals surface area contributed by atoms with Crippen molar-refractivity contribution >= 4 is 27.5 Å². The van der Waals surface area contributed by atoms with Crippen molar-refractivity contribution in [3.8, 4) is 5.75 Å². The fraction of sp³-hybridized carbons (Fsp3) is 0.310. The van der Waals surface area contributed by atoms with Crippen molar-refractivity contribution in [2.75, 3.05) is 24.0 Å². The summed E-state index contributed by atoms with van der Waals surface area (Å²) < 4.78 is 62.1. The smallest absolute Gasteiger partial charge is 0.264 e. The molecule has 0 heterocycles. The Morgan fingerprint density at radius 2 is 1.60 bits per heavy atom. The SMILES string of the molecule is CCCNC(=O)[C@H](C)N(Cc1ccccc1F)C(=O)CN(c1ccc(F)cc1)S(=O)(=O)c1ccc(OCC)cc1. The minimum atomic E-state index is -4.34. The lowest BCUT2D eigenvalue weighted by Gasteiger charge is -2.32. The van der Waals surface area contributed by atoms with Crippen molar-refractivity contribution < 1.29 is 31.5 Å². The van der Waals surface area contributed by atoms with E-state index in [4.69, 9.17) is 4.74 Å². The first-order chi connectivity index (χ1) is 19.1. The molecule has 0 spiro atoms. The molecule has 0 bridgehead atoms. The number of anilines is 1. The summed E-state index contributed by atoms with van der Waals surface area (Å²) in [6.45, 7) is 4.94. The zero-order valence-corrected chi connectivity index (χ0v) is 23.5. The molecule has 0 aromatic heterocycles. The normalized spacial score (nSPS) is 11.9. The van der Waals surface area contributed by atoms with Gasteiger partial charge in [-0.15, -0.1) is 0 Å². The van der Waals surface area contributed by atoms with Crippen LogP contribution in [0, 0.1) is 11.6 Å². The van der Waals surface area contributed by atoms with Gasteiger partial charge >= 0.3 is 0 Å². The van der Waals surface area contributed by atoms with E-state index in [1.165, 1.54) is 61.5 Å². The van der Waals surface area contributed by atoms with Gasteiger partial charge in [0.1, 0.15) is 30.0 Å². The number of benzene rings is 3. The summed E-state index contributed by atoms with van der Waals surface area (Å²) in [6, 6.07) is 15.1. The Morgan fingerprint density at radius 1 is 0.950 bits per heavy atom. The molecule has 0 fully saturated rings. The highest BCUT2D eigenvalue weighted by molar-refractivity contribution is 7.92. The predicted octanol–water partition coefficient (Wildman–Crippen LogP) is 4.50. The van der Waals surface area contributed by atoms with Gasteiger partial charge in [0.2, 0.25) is 11.8 Å². The maximum Gasteiger partial charge on any atom is 0.264 e. The molecular formula is C29H33F2N3O5S. The van der Waals surface area contributed by atoms with Crippen LogP contribution in [0.4, 0.5) is 14.5 Å². The molecule has 0 saturated heterocycles. The molecule has 11 heteroatoms. The van der Waals surface area contributed by atoms with Crippen LogP contribution < -0.4 is 14.4 Å². The van der Waals surface area contributed by atoms with E-state index in [-0.39, 0.29) is 22.7 Å². The predicted molar refractivity (Wildman–Crippen MR) is 148 cm³/mol. The fourth-order valence-electron chi connectivity index (χ4n) is 3.93. The van der Waals surface area contributed by atoms with Gasteiger partial charge in [-0.05, 0) is 74.9 Å². The average molecular weight is 574 g/mol. The second-order valence-electron chi connectivity index (χ2n) is 8.97. The van der Waals surface area contributed by atoms with E-state index >= 15 is 0 Å². The maximum absolute atomic E-state index is 14.6. The molecule has 3 aromatic carbocycles. The number of carbonyl (C=O) groups excluding carboxylic acids is 2. The van der Waals surface area contributed by atoms with Crippen molar-refractivity contribution in [1.29, 1.82) is 0 Å². The molecule has 214 valence electrons. The minimum Gasteiger partial charge on any atom is -0.494 e. The van der Waals surface area contributed by atoms with E-state index in [1.54, 1.807) is 13.0 Å². The van der Waals surface area contributed by atoms with E-state index in [9.17, 15) is 26.8 Å². The number of amides is 2. The summed E-state index contributed by atoms with van der Waals surface area (Å²) in [7, 11) is -4.34. The van der Waals surface area contributed by atoms with E-state index in [0.29, 0.717) is 25.3 Å². The zero-order valence-electron chi connectivity index (χ0n) is 22.6. The third kappa shape index (κ3) is 7.56. The fourth-order valence-corrected chi connectivity index (χ4v) is 5.34. The third-order valence-electron chi connectivity index (χ3n) is 6.13. The summed E-state index contributed by atoms with van der Waals surface area (Å²) in [6.07, 6.45) is 0.665. The van der Waals surface area contributed by atoms with Crippen LogP contribution in [0.1, 0.15) is 32.8 Å². The van der Waals surface area contributed by atoms with Gasteiger partial charge in [0.25, 0.3) is 10.0 Å². The van der Waals surface area contributed by atoms with Gasteiger partial charge in [-0.3, -0.25) is 13.9 Å². The van der Waals surface area contributed by atoms with Crippen LogP contribution in [-0.2, 0) is 26.2 Å². The molecule has 3 rings (SSSR count). The Morgan fingerprint density at radius 3 is 2.20 bits per heavy atom. The van der Waals surface area contributed by atoms with E-state index in [0.717, 1.165) is 21.3 Å². The zero-order chi connectivity index (χ0) is 29.3. The van der Waals surface area contributed by atoms with Crippen LogP contribution >= 0.6 is 0 Å². The van der Waals surface area contributed by atoms with Gasteiger partial charge in [0.15, 0.2) is 0 Å². The number of ether oxygens (including phenoxy) is 1. The first kappa shape index (κ1) is 30.6. The Hall–Kier alpha value is -3.99. The first-order valence-corrected chi connectivity index (χ1v) is 14.3. The largest absolute Gasteiger partial charge is 0.494 e. The van der Waals surface area contributed by atoms with E-state index in [1.807, 2.05) is 6.92 Å². The summed E-state index contributed by atoms with van der Waals surface area (Å²) in [4.78, 5) is 27.6. The topological polar surface area (TPSA) is 96.0 Å². The molecule has 3 aromatic rings. The van der Waals surface area contributed by atoms with Crippen molar-refractivity contribution in [1.82, 2.24) is 10.2 Å². The van der Waals surface area contributed by atoms with Crippen molar-refractivity contribution in [3.05, 3.63) is 90.0 Å². The van der Waals surface area contributed by atoms with Crippen molar-refractivity contribution in [2.45, 2.75) is 44.7 Å². The second kappa shape index (κ2) is 13.9. The lowest BCUT2D eigenvalue weighted by Crippen LogP contribution is -2.51. The summed E-state index contributed by atoms with van der Waals surface area (Å²) in [5.41, 5.74) is 0.200. The van der Waals surface area contributed by atoms with Gasteiger partial charge < -0.3 is 15.0 Å². The molecule has 1 atom stereocenters. The highest BCUT2D eigenvalue weighted by Crippen LogP contribution is 2.26. The second-order valence-corrected chi connectivity index (χ2v) is 10.8. The van der Waals surface area contributed by atoms with Gasteiger partial charge in [-0.25, -0.2) is 17.2 Å². The number of carbonyl (C=O) groups is 2. The standard InChI is InChI=1S/C29H33F2N3O5S/c1-4-18-32-29(36)21(3)33(19-22-8-6-7-9-27(22)31)28(35)20-34(24-12-10-23(30)11-13-24)40(37,38)26-16-14-25(15-17-26)39-5-2/h6-17,21H,4-5,18-20H2,1-3H3,(H,32,36)/t21-/m0/s1. The number of hydrogen-bond acceptors (Lipinski definition) is 5. The van der Waals surface area contributed by atoms with Gasteiger partial charge in [-0.2, -0.15) is 0 Å². The van der Waals surface area contributed by atoms with E-state index < -0.39 is 46.1 Å². The quantitative estimate of drug-likeness (QED) is 0.325. The van der Waals surface area contributed by atoms with Crippen LogP contribution in [-0.4, -0.2) is 50.9 Å². The van der Waals surface area contributed by atoms with Crippen LogP contribution in [0.5, 0.6) is 5.75 Å². The molecule has 0 radical (unpaired) electrons. The maximum atomic E-state index is 14.6. The number of rotatable bonds is 13. The minimum absolute atomic E-state index is 0.0394. The third-order valence-corrected chi connectivity index (χ3v) is 7.92. The molecule has 8 nitrogen and oxygen atoms in total. The summed E-state index contributed by atoms with van der Waals surface area (Å²) >= 11 is 0. The molecule has 0 aliphatic heterocycles. The number of nitrogens with zero attached hydrogens (tertiary/aromatic N) is 2. The van der Waals surface area contributed by atoms with Crippen LogP contribution in [0.25, 0.3) is 0 Å². The monoisotopic (exact) mass is 573 g/mol. The summed E-state index contributed by atoms with van der Waals surface area (Å²) in [5.74, 6) is -1.90. The number of nitrogens with one attached hydrogen (secondary N) is 1. The Labute approximate surface area is 233 Å². The molecule has 0 aliphatic carbocycles. The van der Waals surface area contributed by atoms with Crippen LogP contribution in [0.3, 0.4) is 0 Å². The lowest BCUT2D eigenvalue weighted by molar-refractivity contribution is -0.139. The molecule has 40 heavy (non-hydrogen) atoms. The molecule has 0 aliphatic rings. The molecule has 1 N–H and O–H groups in total. The van der Waals surface area contributed by atoms with Gasteiger partial charge in [0.05, 0.1) is 17.2 Å². The Balaban J connectivity index is 2.01. The molecule has 2 amide bonds. The molecular weight excluding hydrogens is 540 g/mol. The highest BCUT2D eigenvalue weighted by Gasteiger charge is 2.33. The average Bonchev–Trinajstić information content (AvgIpc) is 2.94. The first-order valence-electron chi connectivity index (χ1n) is 12.9. The van der Waals surface area contributed by atoms with E-state index in [2.05, 4.69) is 5.32 Å². The summed E-state index contributed by atoms with van der Waals surface area (Å²) in [5, 5.41) is 2.72. The van der Waals surface area contributed by atoms with Crippen molar-refractivity contribution in [2.24, 2.45) is 0 Å². The lowest BCUT2D eigenvalue weighted by atomic mass is 10.1. The van der Waals surface area contributed by atoms with Gasteiger partial charge in [0, 0.05) is 18.7 Å². The number of halogens is 2. The number of sulfonamides is 1. The molecule has 0 saturated carbocycles. The van der Waals surface area contributed by atoms with Crippen molar-refractivity contribution in [3.63, 3.8) is 0 Å². The highest BCUT2D eigenvalue weighted by atomic mass is 32.2. The van der Waals surface area contributed by atoms with Crippen LogP contribution in [0.15, 0.2) is 77.7 Å². The van der Waals surface area contributed by atoms with Gasteiger partial charge in [-0.1, -0.05) is 25.1 Å². The number of hydrogen-bond donors (Lipinski definition) is 1. The Bertz CT molecular complexity index is 1400. The Kier molecular flexibility index (Phi) is 10.6.